The molecule has 3 rings (SSSR count). The Morgan fingerprint density at radius 2 is 1.79 bits per heavy atom. The molecule has 1 N–H and O–H groups in total. The summed E-state index contributed by atoms with van der Waals surface area (Å²) in [4.78, 5) is 25.6. The monoisotopic (exact) mass is 395 g/mol. The molecule has 2 unspecified atom stereocenters. The molecule has 0 aliphatic carbocycles. The second-order valence-corrected chi connectivity index (χ2v) is 7.16. The highest BCUT2D eigenvalue weighted by atomic mass is 19.4. The van der Waals surface area contributed by atoms with Crippen molar-refractivity contribution in [2.75, 3.05) is 6.54 Å². The summed E-state index contributed by atoms with van der Waals surface area (Å²) in [5.74, 6) is -1.49. The van der Waals surface area contributed by atoms with Gasteiger partial charge in [0.2, 0.25) is 0 Å². The molecule has 6 nitrogen and oxygen atoms in total. The number of nitrogens with zero attached hydrogens (tertiary/aromatic N) is 3. The number of carboxylic acid groups (broad SMARTS) is 1. The van der Waals surface area contributed by atoms with Crippen molar-refractivity contribution < 1.29 is 27.9 Å². The summed E-state index contributed by atoms with van der Waals surface area (Å²) >= 11 is 0. The number of hydrogen-bond donors (Lipinski definition) is 1. The summed E-state index contributed by atoms with van der Waals surface area (Å²) < 4.78 is 40.5. The molecule has 1 aliphatic heterocycles. The van der Waals surface area contributed by atoms with Crippen LogP contribution in [0.2, 0.25) is 0 Å². The zero-order valence-corrected chi connectivity index (χ0v) is 15.4. The topological polar surface area (TPSA) is 75.4 Å². The third kappa shape index (κ3) is 3.74. The molecule has 1 aromatic heterocycles. The first kappa shape index (κ1) is 19.9. The minimum absolute atomic E-state index is 0.0245. The van der Waals surface area contributed by atoms with Gasteiger partial charge in [-0.2, -0.15) is 18.3 Å². The molecule has 9 heteroatoms. The number of alkyl halides is 3. The van der Waals surface area contributed by atoms with E-state index >= 15 is 0 Å². The van der Waals surface area contributed by atoms with Crippen LogP contribution in [-0.4, -0.2) is 44.3 Å². The molecule has 1 fully saturated rings. The number of halogens is 3. The van der Waals surface area contributed by atoms with Crippen molar-refractivity contribution >= 4 is 11.9 Å². The first-order valence-corrected chi connectivity index (χ1v) is 8.89. The van der Waals surface area contributed by atoms with Gasteiger partial charge in [-0.3, -0.25) is 4.79 Å². The van der Waals surface area contributed by atoms with E-state index in [0.717, 1.165) is 12.8 Å². The van der Waals surface area contributed by atoms with Crippen LogP contribution in [0.1, 0.15) is 53.1 Å². The van der Waals surface area contributed by atoms with Gasteiger partial charge in [0.25, 0.3) is 5.91 Å². The average molecular weight is 395 g/mol. The molecule has 0 radical (unpaired) electrons. The third-order valence-corrected chi connectivity index (χ3v) is 5.01. The normalized spacial score (nSPS) is 20.2. The molecule has 1 aromatic carbocycles. The SMILES string of the molecule is CC1CCC(C)N(C(=O)c2ccc(-n3ncc(C(=O)O)c3C(F)(F)F)cc2)C1. The van der Waals surface area contributed by atoms with Gasteiger partial charge in [-0.1, -0.05) is 6.92 Å². The summed E-state index contributed by atoms with van der Waals surface area (Å²) in [6.07, 6.45) is -2.26. The molecule has 0 spiro atoms. The second-order valence-electron chi connectivity index (χ2n) is 7.16. The molecule has 1 aliphatic rings. The Labute approximate surface area is 159 Å². The highest BCUT2D eigenvalue weighted by Gasteiger charge is 2.40. The number of carbonyl (C=O) groups is 2. The van der Waals surface area contributed by atoms with Gasteiger partial charge in [-0.25, -0.2) is 9.48 Å². The molecule has 2 heterocycles. The van der Waals surface area contributed by atoms with Crippen LogP contribution in [-0.2, 0) is 6.18 Å². The van der Waals surface area contributed by atoms with Gasteiger partial charge >= 0.3 is 12.1 Å². The van der Waals surface area contributed by atoms with Gasteiger partial charge in [-0.05, 0) is 49.9 Å². The van der Waals surface area contributed by atoms with Gasteiger partial charge in [-0.15, -0.1) is 0 Å². The highest BCUT2D eigenvalue weighted by molar-refractivity contribution is 5.94. The number of hydrogen-bond acceptors (Lipinski definition) is 3. The number of aromatic nitrogens is 2. The standard InChI is InChI=1S/C19H20F3N3O3/c1-11-3-4-12(2)24(10-11)17(26)13-5-7-14(8-6-13)25-16(19(20,21)22)15(9-23-25)18(27)28/h5-9,11-12H,3-4,10H2,1-2H3,(H,27,28). The lowest BCUT2D eigenvalue weighted by Gasteiger charge is -2.36. The van der Waals surface area contributed by atoms with Crippen molar-refractivity contribution in [1.29, 1.82) is 0 Å². The van der Waals surface area contributed by atoms with E-state index in [2.05, 4.69) is 12.0 Å². The number of piperidine rings is 1. The second kappa shape index (κ2) is 7.29. The molecule has 1 amide bonds. The molecule has 150 valence electrons. The maximum absolute atomic E-state index is 13.3. The van der Waals surface area contributed by atoms with Gasteiger partial charge in [0.1, 0.15) is 5.56 Å². The summed E-state index contributed by atoms with van der Waals surface area (Å²) in [5.41, 5.74) is -1.90. The van der Waals surface area contributed by atoms with Crippen molar-refractivity contribution in [1.82, 2.24) is 14.7 Å². The summed E-state index contributed by atoms with van der Waals surface area (Å²) in [7, 11) is 0. The number of amides is 1. The quantitative estimate of drug-likeness (QED) is 0.857. The predicted molar refractivity (Wildman–Crippen MR) is 94.4 cm³/mol. The fourth-order valence-electron chi connectivity index (χ4n) is 3.46. The maximum Gasteiger partial charge on any atom is 0.434 e. The maximum atomic E-state index is 13.3. The van der Waals surface area contributed by atoms with Crippen molar-refractivity contribution in [3.8, 4) is 5.69 Å². The van der Waals surface area contributed by atoms with Crippen LogP contribution in [0.5, 0.6) is 0 Å². The molecule has 2 aromatic rings. The Kier molecular flexibility index (Phi) is 5.18. The van der Waals surface area contributed by atoms with Crippen LogP contribution < -0.4 is 0 Å². The van der Waals surface area contributed by atoms with Crippen molar-refractivity contribution in [2.45, 2.75) is 38.9 Å². The lowest BCUT2D eigenvalue weighted by atomic mass is 9.94. The van der Waals surface area contributed by atoms with Gasteiger partial charge < -0.3 is 10.0 Å². The minimum atomic E-state index is -4.89. The average Bonchev–Trinajstić information content (AvgIpc) is 3.09. The number of aromatic carboxylic acids is 1. The number of carbonyl (C=O) groups excluding carboxylic acids is 1. The number of likely N-dealkylation sites (tertiary alicyclic amines) is 1. The summed E-state index contributed by atoms with van der Waals surface area (Å²) in [6, 6.07) is 5.64. The molecule has 2 atom stereocenters. The van der Waals surface area contributed by atoms with Crippen LogP contribution in [0.25, 0.3) is 5.69 Å². The van der Waals surface area contributed by atoms with E-state index in [9.17, 15) is 22.8 Å². The predicted octanol–water partition coefficient (Wildman–Crippen LogP) is 3.85. The zero-order chi connectivity index (χ0) is 20.6. The lowest BCUT2D eigenvalue weighted by Crippen LogP contribution is -2.44. The fraction of sp³-hybridized carbons (Fsp3) is 0.421. The molecule has 1 saturated heterocycles. The minimum Gasteiger partial charge on any atom is -0.478 e. The smallest absolute Gasteiger partial charge is 0.434 e. The van der Waals surface area contributed by atoms with Gasteiger partial charge in [0, 0.05) is 18.2 Å². The Hall–Kier alpha value is -2.84. The third-order valence-electron chi connectivity index (χ3n) is 5.01. The molecule has 28 heavy (non-hydrogen) atoms. The first-order valence-electron chi connectivity index (χ1n) is 8.89. The van der Waals surface area contributed by atoms with Crippen molar-refractivity contribution in [2.24, 2.45) is 5.92 Å². The Morgan fingerprint density at radius 1 is 1.14 bits per heavy atom. The van der Waals surface area contributed by atoms with E-state index in [1.807, 2.05) is 6.92 Å². The Bertz CT molecular complexity index is 890. The van der Waals surface area contributed by atoms with E-state index in [1.165, 1.54) is 24.3 Å². The van der Waals surface area contributed by atoms with Crippen LogP contribution in [0.4, 0.5) is 13.2 Å². The molecule has 0 saturated carbocycles. The largest absolute Gasteiger partial charge is 0.478 e. The van der Waals surface area contributed by atoms with Gasteiger partial charge in [0.15, 0.2) is 5.69 Å². The number of carboxylic acids is 1. The van der Waals surface area contributed by atoms with E-state index in [-0.39, 0.29) is 17.6 Å². The van der Waals surface area contributed by atoms with Crippen LogP contribution in [0.3, 0.4) is 0 Å². The van der Waals surface area contributed by atoms with E-state index in [0.29, 0.717) is 28.9 Å². The molecular formula is C19H20F3N3O3. The van der Waals surface area contributed by atoms with Crippen LogP contribution in [0, 0.1) is 5.92 Å². The molecule has 0 bridgehead atoms. The molecular weight excluding hydrogens is 375 g/mol. The Balaban J connectivity index is 1.92. The Morgan fingerprint density at radius 3 is 2.36 bits per heavy atom. The summed E-state index contributed by atoms with van der Waals surface area (Å²) in [5, 5.41) is 12.6. The van der Waals surface area contributed by atoms with E-state index in [4.69, 9.17) is 5.11 Å². The van der Waals surface area contributed by atoms with Crippen LogP contribution >= 0.6 is 0 Å². The summed E-state index contributed by atoms with van der Waals surface area (Å²) in [6.45, 7) is 4.69. The van der Waals surface area contributed by atoms with Gasteiger partial charge in [0.05, 0.1) is 11.9 Å². The van der Waals surface area contributed by atoms with E-state index < -0.39 is 23.4 Å². The fourth-order valence-corrected chi connectivity index (χ4v) is 3.46. The van der Waals surface area contributed by atoms with E-state index in [1.54, 1.807) is 4.90 Å². The lowest BCUT2D eigenvalue weighted by molar-refractivity contribution is -0.143. The number of benzene rings is 1. The first-order chi connectivity index (χ1) is 13.1. The van der Waals surface area contributed by atoms with Crippen molar-refractivity contribution in [3.63, 3.8) is 0 Å². The number of rotatable bonds is 3. The van der Waals surface area contributed by atoms with Crippen molar-refractivity contribution in [3.05, 3.63) is 47.3 Å². The highest BCUT2D eigenvalue weighted by Crippen LogP contribution is 2.33. The van der Waals surface area contributed by atoms with Crippen LogP contribution in [0.15, 0.2) is 30.5 Å². The zero-order valence-electron chi connectivity index (χ0n) is 15.4.